The summed E-state index contributed by atoms with van der Waals surface area (Å²) in [6.45, 7) is 2.48. The van der Waals surface area contributed by atoms with Crippen LogP contribution >= 0.6 is 0 Å². The largest absolute Gasteiger partial charge is 0.454 e. The summed E-state index contributed by atoms with van der Waals surface area (Å²) in [5, 5.41) is 10.0. The van der Waals surface area contributed by atoms with Crippen LogP contribution in [0.4, 0.5) is 0 Å². The van der Waals surface area contributed by atoms with E-state index in [-0.39, 0.29) is 13.4 Å². The lowest BCUT2D eigenvalue weighted by Gasteiger charge is -2.12. The van der Waals surface area contributed by atoms with Crippen molar-refractivity contribution in [3.05, 3.63) is 23.8 Å². The second-order valence-electron chi connectivity index (χ2n) is 4.31. The highest BCUT2D eigenvalue weighted by atomic mass is 16.7. The molecule has 0 aliphatic carbocycles. The van der Waals surface area contributed by atoms with Gasteiger partial charge in [-0.3, -0.25) is 0 Å². The molecule has 0 saturated carbocycles. The fourth-order valence-electron chi connectivity index (χ4n) is 1.77. The molecule has 0 fully saturated rings. The molecule has 1 aromatic rings. The van der Waals surface area contributed by atoms with Gasteiger partial charge >= 0.3 is 0 Å². The van der Waals surface area contributed by atoms with Gasteiger partial charge in [0.15, 0.2) is 11.5 Å². The fourth-order valence-corrected chi connectivity index (χ4v) is 1.77. The van der Waals surface area contributed by atoms with Crippen molar-refractivity contribution in [2.24, 2.45) is 0 Å². The van der Waals surface area contributed by atoms with Crippen molar-refractivity contribution in [1.29, 1.82) is 0 Å². The molecule has 0 spiro atoms. The third-order valence-corrected chi connectivity index (χ3v) is 2.86. The molecule has 0 amide bonds. The number of hydrogen-bond donors (Lipinski definition) is 1. The van der Waals surface area contributed by atoms with Crippen LogP contribution in [0.5, 0.6) is 11.5 Å². The molecular formula is C14H20O6. The standard InChI is InChI=1S/C14H20O6/c1-16-4-5-17-6-7-18-9-12(15)11-2-3-13-14(8-11)20-10-19-13/h2-3,8,12,15H,4-7,9-10H2,1H3. The lowest BCUT2D eigenvalue weighted by molar-refractivity contribution is -0.00593. The summed E-state index contributed by atoms with van der Waals surface area (Å²) in [6, 6.07) is 5.36. The Morgan fingerprint density at radius 1 is 1.10 bits per heavy atom. The summed E-state index contributed by atoms with van der Waals surface area (Å²) >= 11 is 0. The summed E-state index contributed by atoms with van der Waals surface area (Å²) in [7, 11) is 1.63. The van der Waals surface area contributed by atoms with E-state index in [1.807, 2.05) is 0 Å². The summed E-state index contributed by atoms with van der Waals surface area (Å²) in [5.41, 5.74) is 0.745. The predicted molar refractivity (Wildman–Crippen MR) is 71.0 cm³/mol. The highest BCUT2D eigenvalue weighted by Gasteiger charge is 2.16. The number of ether oxygens (including phenoxy) is 5. The number of methoxy groups -OCH3 is 1. The molecule has 1 aliphatic rings. The zero-order valence-electron chi connectivity index (χ0n) is 11.5. The molecule has 0 radical (unpaired) electrons. The third kappa shape index (κ3) is 4.35. The molecule has 1 heterocycles. The molecule has 1 atom stereocenters. The summed E-state index contributed by atoms with van der Waals surface area (Å²) in [5.74, 6) is 1.36. The van der Waals surface area contributed by atoms with Crippen molar-refractivity contribution in [2.75, 3.05) is 46.9 Å². The topological polar surface area (TPSA) is 66.4 Å². The van der Waals surface area contributed by atoms with E-state index in [0.717, 1.165) is 5.56 Å². The van der Waals surface area contributed by atoms with Gasteiger partial charge in [-0.2, -0.15) is 0 Å². The number of benzene rings is 1. The van der Waals surface area contributed by atoms with E-state index in [1.54, 1.807) is 25.3 Å². The first-order valence-electron chi connectivity index (χ1n) is 6.53. The first-order chi connectivity index (χ1) is 9.81. The Balaban J connectivity index is 1.66. The minimum Gasteiger partial charge on any atom is -0.454 e. The first kappa shape index (κ1) is 15.1. The quantitative estimate of drug-likeness (QED) is 0.686. The van der Waals surface area contributed by atoms with Gasteiger partial charge in [-0.05, 0) is 17.7 Å². The van der Waals surface area contributed by atoms with Crippen LogP contribution in [0.25, 0.3) is 0 Å². The van der Waals surface area contributed by atoms with Crippen LogP contribution in [0, 0.1) is 0 Å². The Morgan fingerprint density at radius 3 is 2.70 bits per heavy atom. The highest BCUT2D eigenvalue weighted by molar-refractivity contribution is 5.45. The lowest BCUT2D eigenvalue weighted by Crippen LogP contribution is -2.12. The van der Waals surface area contributed by atoms with Gasteiger partial charge in [0, 0.05) is 7.11 Å². The van der Waals surface area contributed by atoms with Gasteiger partial charge in [0.05, 0.1) is 33.0 Å². The zero-order chi connectivity index (χ0) is 14.2. The van der Waals surface area contributed by atoms with Crippen LogP contribution in [-0.4, -0.2) is 52.0 Å². The zero-order valence-corrected chi connectivity index (χ0v) is 11.5. The second kappa shape index (κ2) is 8.06. The maximum Gasteiger partial charge on any atom is 0.231 e. The SMILES string of the molecule is COCCOCCOCC(O)c1ccc2c(c1)OCO2. The van der Waals surface area contributed by atoms with Crippen LogP contribution in [0.3, 0.4) is 0 Å². The smallest absolute Gasteiger partial charge is 0.231 e. The van der Waals surface area contributed by atoms with Gasteiger partial charge in [0.25, 0.3) is 0 Å². The van der Waals surface area contributed by atoms with E-state index >= 15 is 0 Å². The van der Waals surface area contributed by atoms with Crippen molar-refractivity contribution >= 4 is 0 Å². The molecule has 0 bridgehead atoms. The maximum absolute atomic E-state index is 10.0. The van der Waals surface area contributed by atoms with Crippen LogP contribution in [0.2, 0.25) is 0 Å². The Bertz CT molecular complexity index is 409. The molecule has 1 aliphatic heterocycles. The van der Waals surface area contributed by atoms with Crippen LogP contribution in [0.1, 0.15) is 11.7 Å². The average Bonchev–Trinajstić information content (AvgIpc) is 2.93. The summed E-state index contributed by atoms with van der Waals surface area (Å²) in [6.07, 6.45) is -0.691. The van der Waals surface area contributed by atoms with E-state index < -0.39 is 6.10 Å². The van der Waals surface area contributed by atoms with Gasteiger partial charge in [-0.15, -0.1) is 0 Å². The van der Waals surface area contributed by atoms with Gasteiger partial charge in [-0.25, -0.2) is 0 Å². The molecule has 20 heavy (non-hydrogen) atoms. The summed E-state index contributed by atoms with van der Waals surface area (Å²) in [4.78, 5) is 0. The van der Waals surface area contributed by atoms with Crippen molar-refractivity contribution < 1.29 is 28.8 Å². The molecule has 6 nitrogen and oxygen atoms in total. The minimum absolute atomic E-state index is 0.216. The molecule has 112 valence electrons. The molecule has 1 aromatic carbocycles. The second-order valence-corrected chi connectivity index (χ2v) is 4.31. The Labute approximate surface area is 118 Å². The van der Waals surface area contributed by atoms with Crippen molar-refractivity contribution in [1.82, 2.24) is 0 Å². The Morgan fingerprint density at radius 2 is 1.85 bits per heavy atom. The van der Waals surface area contributed by atoms with E-state index in [1.165, 1.54) is 0 Å². The van der Waals surface area contributed by atoms with E-state index in [0.29, 0.717) is 37.9 Å². The normalized spacial score (nSPS) is 14.5. The van der Waals surface area contributed by atoms with Gasteiger partial charge in [-0.1, -0.05) is 6.07 Å². The van der Waals surface area contributed by atoms with Crippen molar-refractivity contribution in [2.45, 2.75) is 6.10 Å². The van der Waals surface area contributed by atoms with Crippen LogP contribution in [0.15, 0.2) is 18.2 Å². The van der Waals surface area contributed by atoms with E-state index in [2.05, 4.69) is 0 Å². The Kier molecular flexibility index (Phi) is 6.07. The number of aliphatic hydroxyl groups excluding tert-OH is 1. The van der Waals surface area contributed by atoms with E-state index in [9.17, 15) is 5.11 Å². The summed E-state index contributed by atoms with van der Waals surface area (Å²) < 4.78 is 25.9. The predicted octanol–water partition coefficient (Wildman–Crippen LogP) is 1.13. The molecular weight excluding hydrogens is 264 g/mol. The molecule has 1 unspecified atom stereocenters. The highest BCUT2D eigenvalue weighted by Crippen LogP contribution is 2.34. The van der Waals surface area contributed by atoms with Gasteiger partial charge in [0.2, 0.25) is 6.79 Å². The van der Waals surface area contributed by atoms with Gasteiger partial charge in [0.1, 0.15) is 6.10 Å². The van der Waals surface area contributed by atoms with Crippen LogP contribution < -0.4 is 9.47 Å². The monoisotopic (exact) mass is 284 g/mol. The first-order valence-corrected chi connectivity index (χ1v) is 6.53. The average molecular weight is 284 g/mol. The molecule has 0 saturated heterocycles. The third-order valence-electron chi connectivity index (χ3n) is 2.86. The molecule has 2 rings (SSSR count). The van der Waals surface area contributed by atoms with Gasteiger partial charge < -0.3 is 28.8 Å². The lowest BCUT2D eigenvalue weighted by atomic mass is 10.1. The number of fused-ring (bicyclic) bond motifs is 1. The molecule has 0 aromatic heterocycles. The van der Waals surface area contributed by atoms with Crippen molar-refractivity contribution in [3.8, 4) is 11.5 Å². The molecule has 1 N–H and O–H groups in total. The van der Waals surface area contributed by atoms with E-state index in [4.69, 9.17) is 23.7 Å². The number of rotatable bonds is 9. The number of aliphatic hydroxyl groups is 1. The maximum atomic E-state index is 10.0. The Hall–Kier alpha value is -1.34. The fraction of sp³-hybridized carbons (Fsp3) is 0.571. The number of hydrogen-bond acceptors (Lipinski definition) is 6. The molecule has 6 heteroatoms. The van der Waals surface area contributed by atoms with Crippen LogP contribution in [-0.2, 0) is 14.2 Å². The minimum atomic E-state index is -0.691. The van der Waals surface area contributed by atoms with Crippen molar-refractivity contribution in [3.63, 3.8) is 0 Å².